The van der Waals surface area contributed by atoms with Crippen molar-refractivity contribution in [3.63, 3.8) is 0 Å². The van der Waals surface area contributed by atoms with Gasteiger partial charge in [-0.25, -0.2) is 4.98 Å². The lowest BCUT2D eigenvalue weighted by molar-refractivity contribution is 0.102. The molecule has 0 aliphatic rings. The molecule has 1 amide bonds. The van der Waals surface area contributed by atoms with E-state index in [1.165, 1.54) is 11.8 Å². The van der Waals surface area contributed by atoms with E-state index in [4.69, 9.17) is 10.5 Å². The molecular formula is C19H27N5O3S. The largest absolute Gasteiger partial charge is 0.494 e. The van der Waals surface area contributed by atoms with Crippen molar-refractivity contribution in [3.8, 4) is 5.75 Å². The highest BCUT2D eigenvalue weighted by Crippen LogP contribution is 2.18. The van der Waals surface area contributed by atoms with Crippen molar-refractivity contribution in [1.29, 1.82) is 0 Å². The predicted octanol–water partition coefficient (Wildman–Crippen LogP) is 2.44. The minimum atomic E-state index is -0.475. The van der Waals surface area contributed by atoms with E-state index in [2.05, 4.69) is 34.0 Å². The molecule has 0 fully saturated rings. The molecule has 0 unspecified atom stereocenters. The van der Waals surface area contributed by atoms with E-state index in [0.29, 0.717) is 23.1 Å². The van der Waals surface area contributed by atoms with E-state index in [9.17, 15) is 9.59 Å². The van der Waals surface area contributed by atoms with Crippen LogP contribution in [0.2, 0.25) is 0 Å². The number of benzene rings is 1. The summed E-state index contributed by atoms with van der Waals surface area (Å²) in [6.07, 6.45) is 0. The molecule has 1 aromatic heterocycles. The molecule has 0 aliphatic heterocycles. The van der Waals surface area contributed by atoms with Crippen LogP contribution in [0.15, 0.2) is 34.2 Å². The molecule has 4 N–H and O–H groups in total. The highest BCUT2D eigenvalue weighted by molar-refractivity contribution is 7.99. The van der Waals surface area contributed by atoms with E-state index >= 15 is 0 Å². The number of ether oxygens (including phenoxy) is 1. The Morgan fingerprint density at radius 2 is 1.93 bits per heavy atom. The molecule has 0 bridgehead atoms. The number of H-pyrrole nitrogens is 1. The summed E-state index contributed by atoms with van der Waals surface area (Å²) in [4.78, 5) is 33.9. The van der Waals surface area contributed by atoms with Gasteiger partial charge in [0.15, 0.2) is 11.0 Å². The van der Waals surface area contributed by atoms with Crippen molar-refractivity contribution in [2.75, 3.05) is 43.0 Å². The lowest BCUT2D eigenvalue weighted by Crippen LogP contribution is -2.26. The van der Waals surface area contributed by atoms with Crippen LogP contribution < -0.4 is 21.3 Å². The monoisotopic (exact) mass is 405 g/mol. The smallest absolute Gasteiger partial charge is 0.277 e. The number of amides is 1. The maximum Gasteiger partial charge on any atom is 0.277 e. The third-order valence-corrected chi connectivity index (χ3v) is 4.99. The van der Waals surface area contributed by atoms with Crippen molar-refractivity contribution < 1.29 is 9.53 Å². The quantitative estimate of drug-likeness (QED) is 0.411. The van der Waals surface area contributed by atoms with Gasteiger partial charge in [-0.3, -0.25) is 14.6 Å². The Balaban J connectivity index is 2.03. The maximum absolute atomic E-state index is 12.4. The molecule has 1 aromatic carbocycles. The zero-order valence-corrected chi connectivity index (χ0v) is 17.3. The number of hydrogen-bond donors (Lipinski definition) is 3. The molecule has 0 spiro atoms. The van der Waals surface area contributed by atoms with Gasteiger partial charge in [-0.2, -0.15) is 0 Å². The Morgan fingerprint density at radius 1 is 1.25 bits per heavy atom. The van der Waals surface area contributed by atoms with Crippen molar-refractivity contribution in [3.05, 3.63) is 40.2 Å². The first-order valence-corrected chi connectivity index (χ1v) is 10.3. The number of aromatic amines is 1. The number of nitrogens with one attached hydrogen (secondary N) is 2. The second-order valence-electron chi connectivity index (χ2n) is 5.92. The normalized spacial score (nSPS) is 10.9. The second kappa shape index (κ2) is 10.7. The average molecular weight is 406 g/mol. The first kappa shape index (κ1) is 21.8. The summed E-state index contributed by atoms with van der Waals surface area (Å²) in [7, 11) is 0. The highest BCUT2D eigenvalue weighted by atomic mass is 32.2. The zero-order valence-electron chi connectivity index (χ0n) is 16.4. The molecule has 0 radical (unpaired) electrons. The summed E-state index contributed by atoms with van der Waals surface area (Å²) in [5.41, 5.74) is 5.77. The molecule has 0 saturated heterocycles. The van der Waals surface area contributed by atoms with Gasteiger partial charge in [-0.05, 0) is 44.3 Å². The van der Waals surface area contributed by atoms with Crippen LogP contribution in [-0.2, 0) is 0 Å². The second-order valence-corrected chi connectivity index (χ2v) is 7.00. The van der Waals surface area contributed by atoms with Crippen LogP contribution in [0.1, 0.15) is 31.1 Å². The van der Waals surface area contributed by atoms with Crippen LogP contribution in [-0.4, -0.2) is 52.8 Å². The molecule has 0 aliphatic carbocycles. The predicted molar refractivity (Wildman–Crippen MR) is 113 cm³/mol. The van der Waals surface area contributed by atoms with Crippen molar-refractivity contribution >= 4 is 29.2 Å². The van der Waals surface area contributed by atoms with Gasteiger partial charge in [0.25, 0.3) is 11.5 Å². The third-order valence-electron chi connectivity index (χ3n) is 4.13. The molecule has 2 aromatic rings. The Labute approximate surface area is 168 Å². The summed E-state index contributed by atoms with van der Waals surface area (Å²) in [6, 6.07) is 6.63. The highest BCUT2D eigenvalue weighted by Gasteiger charge is 2.14. The van der Waals surface area contributed by atoms with Gasteiger partial charge >= 0.3 is 0 Å². The number of thioether (sulfide) groups is 1. The molecule has 0 atom stereocenters. The Morgan fingerprint density at radius 3 is 2.50 bits per heavy atom. The summed E-state index contributed by atoms with van der Waals surface area (Å²) < 4.78 is 5.35. The van der Waals surface area contributed by atoms with E-state index in [1.54, 1.807) is 24.3 Å². The maximum atomic E-state index is 12.4. The zero-order chi connectivity index (χ0) is 20.5. The fourth-order valence-electron chi connectivity index (χ4n) is 2.52. The van der Waals surface area contributed by atoms with E-state index in [0.717, 1.165) is 25.4 Å². The third kappa shape index (κ3) is 6.00. The minimum Gasteiger partial charge on any atom is -0.494 e. The van der Waals surface area contributed by atoms with Crippen LogP contribution in [0.25, 0.3) is 0 Å². The Bertz CT molecular complexity index is 834. The number of nitrogens with two attached hydrogens (primary N) is 1. The van der Waals surface area contributed by atoms with E-state index < -0.39 is 11.5 Å². The minimum absolute atomic E-state index is 0.00613. The topological polar surface area (TPSA) is 113 Å². The van der Waals surface area contributed by atoms with Crippen molar-refractivity contribution in [2.24, 2.45) is 0 Å². The van der Waals surface area contributed by atoms with Gasteiger partial charge in [0.05, 0.1) is 6.61 Å². The van der Waals surface area contributed by atoms with Crippen LogP contribution in [0.4, 0.5) is 11.5 Å². The molecule has 28 heavy (non-hydrogen) atoms. The average Bonchev–Trinajstić information content (AvgIpc) is 2.69. The number of rotatable bonds is 10. The Hall–Kier alpha value is -2.52. The lowest BCUT2D eigenvalue weighted by Gasteiger charge is -2.17. The molecule has 1 heterocycles. The number of nitrogen functional groups attached to an aromatic ring is 1. The van der Waals surface area contributed by atoms with Gasteiger partial charge in [0.2, 0.25) is 0 Å². The van der Waals surface area contributed by atoms with Crippen molar-refractivity contribution in [2.45, 2.75) is 25.9 Å². The molecule has 8 nitrogen and oxygen atoms in total. The lowest BCUT2D eigenvalue weighted by atomic mass is 10.2. The van der Waals surface area contributed by atoms with E-state index in [-0.39, 0.29) is 11.5 Å². The number of hydrogen-bond acceptors (Lipinski definition) is 7. The molecular weight excluding hydrogens is 378 g/mol. The fraction of sp³-hybridized carbons (Fsp3) is 0.421. The molecule has 0 saturated carbocycles. The summed E-state index contributed by atoms with van der Waals surface area (Å²) in [6.45, 7) is 9.47. The van der Waals surface area contributed by atoms with Crippen LogP contribution in [0.3, 0.4) is 0 Å². The first-order valence-electron chi connectivity index (χ1n) is 9.27. The molecule has 9 heteroatoms. The van der Waals surface area contributed by atoms with Gasteiger partial charge in [0, 0.05) is 17.9 Å². The van der Waals surface area contributed by atoms with Crippen LogP contribution >= 0.6 is 11.8 Å². The number of anilines is 2. The SMILES string of the molecule is CCOc1ccc(C(=O)Nc2c(N)nc(SCCN(CC)CC)[nH]c2=O)cc1. The summed E-state index contributed by atoms with van der Waals surface area (Å²) in [5, 5.41) is 2.98. The number of carbonyl (C=O) groups excluding carboxylic acids is 1. The van der Waals surface area contributed by atoms with Crippen LogP contribution in [0, 0.1) is 0 Å². The molecule has 2 rings (SSSR count). The van der Waals surface area contributed by atoms with E-state index in [1.807, 2.05) is 6.92 Å². The summed E-state index contributed by atoms with van der Waals surface area (Å²) >= 11 is 1.42. The fourth-order valence-corrected chi connectivity index (χ4v) is 3.40. The van der Waals surface area contributed by atoms with Gasteiger partial charge in [-0.1, -0.05) is 25.6 Å². The van der Waals surface area contributed by atoms with Gasteiger partial charge in [0.1, 0.15) is 11.4 Å². The van der Waals surface area contributed by atoms with Crippen molar-refractivity contribution in [1.82, 2.24) is 14.9 Å². The first-order chi connectivity index (χ1) is 13.5. The Kier molecular flexibility index (Phi) is 8.34. The van der Waals surface area contributed by atoms with Crippen LogP contribution in [0.5, 0.6) is 5.75 Å². The standard InChI is InChI=1S/C19H27N5O3S/c1-4-24(5-2)11-12-28-19-22-16(20)15(18(26)23-19)21-17(25)13-7-9-14(10-8-13)27-6-3/h7-10H,4-6,11-12H2,1-3H3,(H,21,25)(H3,20,22,23,26). The summed E-state index contributed by atoms with van der Waals surface area (Å²) in [5.74, 6) is 1.00. The molecule has 152 valence electrons. The number of carbonyl (C=O) groups is 1. The number of aromatic nitrogens is 2. The number of nitrogens with zero attached hydrogens (tertiary/aromatic N) is 2. The van der Waals surface area contributed by atoms with Gasteiger partial charge < -0.3 is 20.7 Å². The van der Waals surface area contributed by atoms with Gasteiger partial charge in [-0.15, -0.1) is 0 Å².